The largest absolute Gasteiger partial charge is 0.335 e. The number of rotatable bonds is 5. The summed E-state index contributed by atoms with van der Waals surface area (Å²) in [5, 5.41) is 0. The van der Waals surface area contributed by atoms with Gasteiger partial charge in [-0.1, -0.05) is 72.4 Å². The average molecular weight is 354 g/mol. The Bertz CT molecular complexity index is 877. The third-order valence-corrected chi connectivity index (χ3v) is 5.01. The third-order valence-electron chi connectivity index (χ3n) is 3.84. The standard InChI is InChI=1S/C21H16F2OS/c1-15-12-13-17(14-19(15)25-18-10-6-3-7-11-18)21(22,23)20(24)16-8-4-2-5-9-16/h2-14H,1H3. The van der Waals surface area contributed by atoms with Gasteiger partial charge >= 0.3 is 5.92 Å². The van der Waals surface area contributed by atoms with E-state index in [4.69, 9.17) is 0 Å². The maximum Gasteiger partial charge on any atom is 0.335 e. The molecule has 0 saturated carbocycles. The van der Waals surface area contributed by atoms with Gasteiger partial charge in [0, 0.05) is 20.9 Å². The lowest BCUT2D eigenvalue weighted by molar-refractivity contribution is 0.00729. The molecule has 0 amide bonds. The van der Waals surface area contributed by atoms with Crippen molar-refractivity contribution < 1.29 is 13.6 Å². The molecule has 0 aromatic heterocycles. The predicted octanol–water partition coefficient (Wildman–Crippen LogP) is 6.12. The summed E-state index contributed by atoms with van der Waals surface area (Å²) in [4.78, 5) is 13.9. The fraction of sp³-hybridized carbons (Fsp3) is 0.0952. The summed E-state index contributed by atoms with van der Waals surface area (Å²) < 4.78 is 29.5. The summed E-state index contributed by atoms with van der Waals surface area (Å²) >= 11 is 1.41. The number of benzene rings is 3. The molecular weight excluding hydrogens is 338 g/mol. The SMILES string of the molecule is Cc1ccc(C(F)(F)C(=O)c2ccccc2)cc1Sc1ccccc1. The lowest BCUT2D eigenvalue weighted by Gasteiger charge is -2.17. The van der Waals surface area contributed by atoms with Gasteiger partial charge in [-0.05, 0) is 30.7 Å². The fourth-order valence-corrected chi connectivity index (χ4v) is 3.38. The van der Waals surface area contributed by atoms with Crippen LogP contribution in [0.4, 0.5) is 8.78 Å². The quantitative estimate of drug-likeness (QED) is 0.513. The second-order valence-corrected chi connectivity index (χ2v) is 6.78. The van der Waals surface area contributed by atoms with E-state index < -0.39 is 11.7 Å². The van der Waals surface area contributed by atoms with Gasteiger partial charge in [0.05, 0.1) is 0 Å². The van der Waals surface area contributed by atoms with Crippen LogP contribution in [0.15, 0.2) is 88.7 Å². The molecule has 0 unspecified atom stereocenters. The normalized spacial score (nSPS) is 11.3. The van der Waals surface area contributed by atoms with Crippen molar-refractivity contribution >= 4 is 17.5 Å². The molecule has 3 aromatic rings. The fourth-order valence-electron chi connectivity index (χ4n) is 2.42. The summed E-state index contributed by atoms with van der Waals surface area (Å²) in [6, 6.07) is 21.6. The number of halogens is 2. The molecular formula is C21H16F2OS. The van der Waals surface area contributed by atoms with Crippen molar-refractivity contribution in [2.24, 2.45) is 0 Å². The zero-order chi connectivity index (χ0) is 17.9. The van der Waals surface area contributed by atoms with Crippen molar-refractivity contribution in [3.05, 3.63) is 95.6 Å². The highest BCUT2D eigenvalue weighted by atomic mass is 32.2. The monoisotopic (exact) mass is 354 g/mol. The zero-order valence-corrected chi connectivity index (χ0v) is 14.4. The van der Waals surface area contributed by atoms with Crippen LogP contribution in [-0.2, 0) is 5.92 Å². The number of aryl methyl sites for hydroxylation is 1. The number of carbonyl (C=O) groups is 1. The number of hydrogen-bond acceptors (Lipinski definition) is 2. The molecule has 126 valence electrons. The minimum Gasteiger partial charge on any atom is -0.287 e. The van der Waals surface area contributed by atoms with E-state index in [0.717, 1.165) is 10.5 Å². The van der Waals surface area contributed by atoms with Gasteiger partial charge in [-0.2, -0.15) is 8.78 Å². The summed E-state index contributed by atoms with van der Waals surface area (Å²) in [5.74, 6) is -4.76. The van der Waals surface area contributed by atoms with E-state index in [1.54, 1.807) is 24.3 Å². The van der Waals surface area contributed by atoms with Crippen LogP contribution >= 0.6 is 11.8 Å². The number of Topliss-reactive ketones (excluding diaryl/α,β-unsaturated/α-hetero) is 1. The molecule has 0 saturated heterocycles. The average Bonchev–Trinajstić information content (AvgIpc) is 2.64. The van der Waals surface area contributed by atoms with E-state index in [9.17, 15) is 13.6 Å². The van der Waals surface area contributed by atoms with Crippen LogP contribution in [0.25, 0.3) is 0 Å². The molecule has 4 heteroatoms. The molecule has 0 bridgehead atoms. The van der Waals surface area contributed by atoms with Crippen LogP contribution in [0.3, 0.4) is 0 Å². The highest BCUT2D eigenvalue weighted by molar-refractivity contribution is 7.99. The lowest BCUT2D eigenvalue weighted by Crippen LogP contribution is -2.26. The Morgan fingerprint density at radius 3 is 2.12 bits per heavy atom. The maximum atomic E-state index is 14.7. The third kappa shape index (κ3) is 3.80. The van der Waals surface area contributed by atoms with Gasteiger partial charge < -0.3 is 0 Å². The van der Waals surface area contributed by atoms with Crippen LogP contribution in [0, 0.1) is 6.92 Å². The molecule has 25 heavy (non-hydrogen) atoms. The van der Waals surface area contributed by atoms with Crippen molar-refractivity contribution in [3.8, 4) is 0 Å². The summed E-state index contributed by atoms with van der Waals surface area (Å²) in [6.45, 7) is 1.87. The first-order chi connectivity index (χ1) is 12.0. The van der Waals surface area contributed by atoms with Gasteiger partial charge in [0.1, 0.15) is 0 Å². The van der Waals surface area contributed by atoms with Gasteiger partial charge in [-0.15, -0.1) is 0 Å². The van der Waals surface area contributed by atoms with Crippen molar-refractivity contribution in [3.63, 3.8) is 0 Å². The van der Waals surface area contributed by atoms with Crippen molar-refractivity contribution in [1.82, 2.24) is 0 Å². The topological polar surface area (TPSA) is 17.1 Å². The lowest BCUT2D eigenvalue weighted by atomic mass is 9.98. The summed E-state index contributed by atoms with van der Waals surface area (Å²) in [7, 11) is 0. The van der Waals surface area contributed by atoms with Crippen molar-refractivity contribution in [2.75, 3.05) is 0 Å². The van der Waals surface area contributed by atoms with Gasteiger partial charge in [-0.25, -0.2) is 0 Å². The molecule has 0 radical (unpaired) electrons. The second kappa shape index (κ2) is 7.19. The predicted molar refractivity (Wildman–Crippen MR) is 96.4 cm³/mol. The van der Waals surface area contributed by atoms with Crippen LogP contribution in [0.1, 0.15) is 21.5 Å². The van der Waals surface area contributed by atoms with Crippen LogP contribution < -0.4 is 0 Å². The Kier molecular flexibility index (Phi) is 5.00. The highest BCUT2D eigenvalue weighted by Gasteiger charge is 2.41. The van der Waals surface area contributed by atoms with Crippen LogP contribution in [0.5, 0.6) is 0 Å². The van der Waals surface area contributed by atoms with E-state index >= 15 is 0 Å². The van der Waals surface area contributed by atoms with E-state index in [0.29, 0.717) is 4.90 Å². The molecule has 3 aromatic carbocycles. The number of alkyl halides is 2. The van der Waals surface area contributed by atoms with Gasteiger partial charge in [0.15, 0.2) is 0 Å². The highest BCUT2D eigenvalue weighted by Crippen LogP contribution is 2.37. The Hall–Kier alpha value is -2.46. The Labute approximate surface area is 149 Å². The number of hydrogen-bond donors (Lipinski definition) is 0. The molecule has 0 N–H and O–H groups in total. The van der Waals surface area contributed by atoms with E-state index in [1.807, 2.05) is 37.3 Å². The first-order valence-corrected chi connectivity index (χ1v) is 8.62. The van der Waals surface area contributed by atoms with Gasteiger partial charge in [0.2, 0.25) is 5.78 Å². The van der Waals surface area contributed by atoms with Crippen molar-refractivity contribution in [1.29, 1.82) is 0 Å². The Morgan fingerprint density at radius 2 is 1.48 bits per heavy atom. The van der Waals surface area contributed by atoms with E-state index in [-0.39, 0.29) is 11.1 Å². The minimum atomic E-state index is -3.57. The van der Waals surface area contributed by atoms with Gasteiger partial charge in [0.25, 0.3) is 0 Å². The molecule has 0 aliphatic carbocycles. The first kappa shape index (κ1) is 17.4. The smallest absolute Gasteiger partial charge is 0.287 e. The molecule has 0 aliphatic heterocycles. The molecule has 0 heterocycles. The van der Waals surface area contributed by atoms with E-state index in [2.05, 4.69) is 0 Å². The zero-order valence-electron chi connectivity index (χ0n) is 13.6. The molecule has 3 rings (SSSR count). The second-order valence-electron chi connectivity index (χ2n) is 5.66. The molecule has 0 spiro atoms. The first-order valence-electron chi connectivity index (χ1n) is 7.80. The minimum absolute atomic E-state index is 0.00494. The molecule has 0 atom stereocenters. The molecule has 0 fully saturated rings. The van der Waals surface area contributed by atoms with Gasteiger partial charge in [-0.3, -0.25) is 4.79 Å². The number of ketones is 1. The van der Waals surface area contributed by atoms with Crippen LogP contribution in [0.2, 0.25) is 0 Å². The Morgan fingerprint density at radius 1 is 0.880 bits per heavy atom. The summed E-state index contributed by atoms with van der Waals surface area (Å²) in [5.41, 5.74) is 0.608. The van der Waals surface area contributed by atoms with E-state index in [1.165, 1.54) is 36.0 Å². The maximum absolute atomic E-state index is 14.7. The van der Waals surface area contributed by atoms with Crippen molar-refractivity contribution in [2.45, 2.75) is 22.6 Å². The number of carbonyl (C=O) groups excluding carboxylic acids is 1. The summed E-state index contributed by atoms with van der Waals surface area (Å²) in [6.07, 6.45) is 0. The molecule has 0 aliphatic rings. The Balaban J connectivity index is 1.94. The molecule has 1 nitrogen and oxygen atoms in total. The van der Waals surface area contributed by atoms with Crippen LogP contribution in [-0.4, -0.2) is 5.78 Å².